The Balaban J connectivity index is 1.10. The zero-order chi connectivity index (χ0) is 43.7. The second kappa shape index (κ2) is 15.1. The molecule has 0 saturated carbocycles. The van der Waals surface area contributed by atoms with Gasteiger partial charge in [-0.1, -0.05) is 206 Å². The third-order valence-electron chi connectivity index (χ3n) is 14.3. The molecule has 13 rings (SSSR count). The summed E-state index contributed by atoms with van der Waals surface area (Å²) in [6.45, 7) is 0. The summed E-state index contributed by atoms with van der Waals surface area (Å²) in [5, 5.41) is 1.08. The summed E-state index contributed by atoms with van der Waals surface area (Å²) in [6.07, 6.45) is 1.77. The quantitative estimate of drug-likeness (QED) is 0.152. The third kappa shape index (κ3) is 5.49. The van der Waals surface area contributed by atoms with Crippen LogP contribution in [0.4, 0.5) is 17.1 Å². The van der Waals surface area contributed by atoms with Gasteiger partial charge in [-0.2, -0.15) is 0 Å². The molecule has 0 amide bonds. The molecular weight excluding hydrogens is 799 g/mol. The van der Waals surface area contributed by atoms with Crippen LogP contribution in [0.25, 0.3) is 44.3 Å². The van der Waals surface area contributed by atoms with Crippen LogP contribution >= 0.6 is 0 Å². The van der Waals surface area contributed by atoms with Gasteiger partial charge in [-0.3, -0.25) is 0 Å². The van der Waals surface area contributed by atoms with Crippen molar-refractivity contribution in [2.45, 2.75) is 10.8 Å². The molecule has 0 unspecified atom stereocenters. The number of para-hydroxylation sites is 1. The van der Waals surface area contributed by atoms with Crippen LogP contribution < -0.4 is 4.90 Å². The van der Waals surface area contributed by atoms with Crippen molar-refractivity contribution in [3.63, 3.8) is 0 Å². The van der Waals surface area contributed by atoms with E-state index >= 15 is 0 Å². The molecule has 11 aromatic rings. The Morgan fingerprint density at radius 2 is 0.758 bits per heavy atom. The van der Waals surface area contributed by atoms with Gasteiger partial charge in [-0.15, -0.1) is 0 Å². The maximum Gasteiger partial charge on any atom is 0.133 e. The number of anilines is 3. The van der Waals surface area contributed by atoms with Crippen LogP contribution in [-0.4, -0.2) is 0 Å². The standard InChI is InChI=1S/C64H43NO/c1-5-19-46(20-6-1)63(47-21-7-2-8-22-47)58-31-17-14-29-54(58)56-42-50(35-37-59(56)63)65(61-32-18-15-27-52(61)44-33-38-62-45(41-44)39-40-66-62)51-34-36-55-53-28-13-16-30-57(53)64(60(55)43-51,48-23-9-3-10-24-48)49-25-11-4-12-26-49/h1-43H. The lowest BCUT2D eigenvalue weighted by atomic mass is 9.67. The minimum Gasteiger partial charge on any atom is -0.464 e. The second-order valence-electron chi connectivity index (χ2n) is 17.5. The van der Waals surface area contributed by atoms with Gasteiger partial charge in [-0.25, -0.2) is 0 Å². The van der Waals surface area contributed by atoms with Crippen molar-refractivity contribution in [3.05, 3.63) is 306 Å². The molecule has 310 valence electrons. The van der Waals surface area contributed by atoms with Gasteiger partial charge in [0.1, 0.15) is 5.58 Å². The number of benzene rings is 10. The van der Waals surface area contributed by atoms with E-state index in [0.29, 0.717) is 0 Å². The van der Waals surface area contributed by atoms with Gasteiger partial charge in [0.25, 0.3) is 0 Å². The van der Waals surface area contributed by atoms with Gasteiger partial charge in [-0.05, 0) is 121 Å². The van der Waals surface area contributed by atoms with E-state index in [1.165, 1.54) is 66.8 Å². The predicted molar refractivity (Wildman–Crippen MR) is 271 cm³/mol. The van der Waals surface area contributed by atoms with Crippen LogP contribution in [0.5, 0.6) is 0 Å². The second-order valence-corrected chi connectivity index (χ2v) is 17.5. The number of furan rings is 1. The van der Waals surface area contributed by atoms with E-state index < -0.39 is 10.8 Å². The number of hydrogen-bond acceptors (Lipinski definition) is 2. The molecule has 2 aliphatic carbocycles. The molecule has 0 N–H and O–H groups in total. The number of hydrogen-bond donors (Lipinski definition) is 0. The lowest BCUT2D eigenvalue weighted by molar-refractivity contribution is 0.616. The summed E-state index contributed by atoms with van der Waals surface area (Å²) in [4.78, 5) is 2.49. The highest BCUT2D eigenvalue weighted by Gasteiger charge is 2.48. The van der Waals surface area contributed by atoms with Crippen LogP contribution in [-0.2, 0) is 10.8 Å². The van der Waals surface area contributed by atoms with Crippen LogP contribution in [0.3, 0.4) is 0 Å². The molecule has 66 heavy (non-hydrogen) atoms. The Bertz CT molecular complexity index is 3510. The average molecular weight is 842 g/mol. The van der Waals surface area contributed by atoms with Gasteiger partial charge < -0.3 is 9.32 Å². The minimum absolute atomic E-state index is 0.500. The number of rotatable bonds is 8. The first-order chi connectivity index (χ1) is 32.7. The van der Waals surface area contributed by atoms with Crippen molar-refractivity contribution in [2.75, 3.05) is 4.90 Å². The molecule has 10 aromatic carbocycles. The molecule has 0 aliphatic heterocycles. The van der Waals surface area contributed by atoms with E-state index in [2.05, 4.69) is 254 Å². The van der Waals surface area contributed by atoms with Crippen LogP contribution in [0.1, 0.15) is 44.5 Å². The Hall–Kier alpha value is -8.46. The van der Waals surface area contributed by atoms with Crippen molar-refractivity contribution in [1.29, 1.82) is 0 Å². The highest BCUT2D eigenvalue weighted by molar-refractivity contribution is 5.96. The lowest BCUT2D eigenvalue weighted by Crippen LogP contribution is -2.29. The Labute approximate surface area is 385 Å². The lowest BCUT2D eigenvalue weighted by Gasteiger charge is -2.35. The van der Waals surface area contributed by atoms with E-state index in [1.807, 2.05) is 6.07 Å². The fourth-order valence-electron chi connectivity index (χ4n) is 11.6. The molecule has 0 saturated heterocycles. The summed E-state index contributed by atoms with van der Waals surface area (Å²) in [5.41, 5.74) is 20.4. The first-order valence-electron chi connectivity index (χ1n) is 22.8. The number of nitrogens with zero attached hydrogens (tertiary/aromatic N) is 1. The molecule has 2 heteroatoms. The fraction of sp³-hybridized carbons (Fsp3) is 0.0312. The van der Waals surface area contributed by atoms with Crippen molar-refractivity contribution >= 4 is 28.0 Å². The predicted octanol–water partition coefficient (Wildman–Crippen LogP) is 16.3. The molecule has 0 spiro atoms. The summed E-state index contributed by atoms with van der Waals surface area (Å²) in [7, 11) is 0. The maximum atomic E-state index is 5.83. The van der Waals surface area contributed by atoms with Crippen molar-refractivity contribution < 1.29 is 4.42 Å². The molecule has 2 nitrogen and oxygen atoms in total. The van der Waals surface area contributed by atoms with Gasteiger partial charge in [0.15, 0.2) is 0 Å². The summed E-state index contributed by atoms with van der Waals surface area (Å²) >= 11 is 0. The highest BCUT2D eigenvalue weighted by Crippen LogP contribution is 2.60. The van der Waals surface area contributed by atoms with Crippen molar-refractivity contribution in [3.8, 4) is 33.4 Å². The van der Waals surface area contributed by atoms with Gasteiger partial charge in [0.05, 0.1) is 22.8 Å². The molecular formula is C64H43NO. The zero-order valence-electron chi connectivity index (χ0n) is 36.2. The average Bonchev–Trinajstić information content (AvgIpc) is 4.08. The van der Waals surface area contributed by atoms with Crippen LogP contribution in [0.2, 0.25) is 0 Å². The highest BCUT2D eigenvalue weighted by atomic mass is 16.3. The SMILES string of the molecule is c1ccc(C2(c3ccccc3)c3ccccc3-c3cc(N(c4ccc5c(c4)C(c4ccccc4)(c4ccccc4)c4ccccc4-5)c4ccccc4-c4ccc5occc5c4)ccc32)cc1. The van der Waals surface area contributed by atoms with Crippen molar-refractivity contribution in [1.82, 2.24) is 0 Å². The minimum atomic E-state index is -0.552. The normalized spacial score (nSPS) is 13.7. The molecule has 0 bridgehead atoms. The zero-order valence-corrected chi connectivity index (χ0v) is 36.2. The van der Waals surface area contributed by atoms with E-state index in [0.717, 1.165) is 39.2 Å². The molecule has 0 fully saturated rings. The molecule has 0 radical (unpaired) electrons. The van der Waals surface area contributed by atoms with Gasteiger partial charge in [0, 0.05) is 22.3 Å². The topological polar surface area (TPSA) is 16.4 Å². The first-order valence-corrected chi connectivity index (χ1v) is 22.8. The largest absolute Gasteiger partial charge is 0.464 e. The summed E-state index contributed by atoms with van der Waals surface area (Å²) < 4.78 is 5.83. The fourth-order valence-corrected chi connectivity index (χ4v) is 11.6. The molecule has 1 heterocycles. The van der Waals surface area contributed by atoms with Crippen LogP contribution in [0.15, 0.2) is 265 Å². The van der Waals surface area contributed by atoms with Crippen LogP contribution in [0, 0.1) is 0 Å². The Morgan fingerprint density at radius 1 is 0.303 bits per heavy atom. The summed E-state index contributed by atoms with van der Waals surface area (Å²) in [6, 6.07) is 94.1. The van der Waals surface area contributed by atoms with Crippen molar-refractivity contribution in [2.24, 2.45) is 0 Å². The third-order valence-corrected chi connectivity index (χ3v) is 14.3. The van der Waals surface area contributed by atoms with E-state index in [4.69, 9.17) is 4.42 Å². The molecule has 2 aliphatic rings. The molecule has 1 aromatic heterocycles. The Morgan fingerprint density at radius 3 is 1.36 bits per heavy atom. The Kier molecular flexibility index (Phi) is 8.69. The van der Waals surface area contributed by atoms with Gasteiger partial charge in [0.2, 0.25) is 0 Å². The van der Waals surface area contributed by atoms with Gasteiger partial charge >= 0.3 is 0 Å². The molecule has 0 atom stereocenters. The monoisotopic (exact) mass is 841 g/mol. The van der Waals surface area contributed by atoms with E-state index in [-0.39, 0.29) is 0 Å². The van der Waals surface area contributed by atoms with E-state index in [9.17, 15) is 0 Å². The smallest absolute Gasteiger partial charge is 0.133 e. The number of fused-ring (bicyclic) bond motifs is 7. The summed E-state index contributed by atoms with van der Waals surface area (Å²) in [5.74, 6) is 0. The maximum absolute atomic E-state index is 5.83. The van der Waals surface area contributed by atoms with E-state index in [1.54, 1.807) is 6.26 Å². The first kappa shape index (κ1) is 38.0.